The maximum Gasteiger partial charge on any atom is 0.0641 e. The van der Waals surface area contributed by atoms with Gasteiger partial charge in [0.2, 0.25) is 0 Å². The van der Waals surface area contributed by atoms with Crippen LogP contribution in [0, 0.1) is 12.8 Å². The number of benzene rings is 1. The molecule has 3 unspecified atom stereocenters. The molecule has 1 saturated carbocycles. The maximum absolute atomic E-state index is 4.46. The minimum Gasteiger partial charge on any atom is -0.313 e. The average Bonchev–Trinajstić information content (AvgIpc) is 3.12. The number of aromatic nitrogens is 2. The van der Waals surface area contributed by atoms with Crippen molar-refractivity contribution in [2.75, 3.05) is 7.05 Å². The summed E-state index contributed by atoms with van der Waals surface area (Å²) in [6.07, 6.45) is 3.42. The van der Waals surface area contributed by atoms with Crippen molar-refractivity contribution in [3.05, 3.63) is 53.3 Å². The number of nitrogens with zero attached hydrogens (tertiary/aromatic N) is 2. The van der Waals surface area contributed by atoms with E-state index in [0.29, 0.717) is 17.9 Å². The molecule has 0 radical (unpaired) electrons. The predicted octanol–water partition coefficient (Wildman–Crippen LogP) is 2.79. The topological polar surface area (TPSA) is 29.9 Å². The molecule has 1 aliphatic carbocycles. The van der Waals surface area contributed by atoms with Gasteiger partial charge in [-0.2, -0.15) is 5.10 Å². The van der Waals surface area contributed by atoms with Gasteiger partial charge in [-0.1, -0.05) is 30.3 Å². The third-order valence-corrected chi connectivity index (χ3v) is 4.19. The highest BCUT2D eigenvalue weighted by molar-refractivity contribution is 5.31. The molecule has 3 heteroatoms. The molecule has 3 rings (SSSR count). The van der Waals surface area contributed by atoms with E-state index in [1.165, 1.54) is 17.5 Å². The Morgan fingerprint density at radius 2 is 2.05 bits per heavy atom. The van der Waals surface area contributed by atoms with Gasteiger partial charge in [0.15, 0.2) is 0 Å². The quantitative estimate of drug-likeness (QED) is 0.910. The van der Waals surface area contributed by atoms with Crippen LogP contribution in [0.25, 0.3) is 0 Å². The Morgan fingerprint density at radius 1 is 1.32 bits per heavy atom. The molecule has 1 N–H and O–H groups in total. The molecular formula is C16H21N3. The second kappa shape index (κ2) is 4.82. The molecule has 100 valence electrons. The second-order valence-electron chi connectivity index (χ2n) is 5.53. The lowest BCUT2D eigenvalue weighted by Gasteiger charge is -2.15. The van der Waals surface area contributed by atoms with E-state index in [1.54, 1.807) is 0 Å². The Morgan fingerprint density at radius 3 is 2.63 bits per heavy atom. The molecule has 3 nitrogen and oxygen atoms in total. The van der Waals surface area contributed by atoms with Crippen molar-refractivity contribution in [1.29, 1.82) is 0 Å². The highest BCUT2D eigenvalue weighted by Gasteiger charge is 2.44. The van der Waals surface area contributed by atoms with E-state index < -0.39 is 0 Å². The van der Waals surface area contributed by atoms with Gasteiger partial charge in [-0.15, -0.1) is 0 Å². The summed E-state index contributed by atoms with van der Waals surface area (Å²) in [5.41, 5.74) is 3.95. The van der Waals surface area contributed by atoms with E-state index >= 15 is 0 Å². The number of hydrogen-bond donors (Lipinski definition) is 1. The van der Waals surface area contributed by atoms with Gasteiger partial charge in [-0.25, -0.2) is 0 Å². The van der Waals surface area contributed by atoms with Gasteiger partial charge in [0, 0.05) is 24.8 Å². The molecule has 1 heterocycles. The predicted molar refractivity (Wildman–Crippen MR) is 77.0 cm³/mol. The molecule has 0 amide bonds. The largest absolute Gasteiger partial charge is 0.313 e. The zero-order valence-corrected chi connectivity index (χ0v) is 11.8. The van der Waals surface area contributed by atoms with Gasteiger partial charge in [0.25, 0.3) is 0 Å². The van der Waals surface area contributed by atoms with Crippen LogP contribution in [0.15, 0.2) is 36.5 Å². The Bertz CT molecular complexity index is 559. The van der Waals surface area contributed by atoms with Crippen LogP contribution in [-0.2, 0) is 7.05 Å². The van der Waals surface area contributed by atoms with Gasteiger partial charge in [0.1, 0.15) is 0 Å². The first-order chi connectivity index (χ1) is 9.20. The normalized spacial score (nSPS) is 23.3. The highest BCUT2D eigenvalue weighted by Crippen LogP contribution is 2.54. The zero-order valence-electron chi connectivity index (χ0n) is 11.8. The lowest BCUT2D eigenvalue weighted by molar-refractivity contribution is 0.515. The van der Waals surface area contributed by atoms with E-state index in [9.17, 15) is 0 Å². The monoisotopic (exact) mass is 255 g/mol. The second-order valence-corrected chi connectivity index (χ2v) is 5.53. The summed E-state index contributed by atoms with van der Waals surface area (Å²) in [7, 11) is 4.04. The Labute approximate surface area is 114 Å². The highest BCUT2D eigenvalue weighted by atomic mass is 15.3. The fourth-order valence-electron chi connectivity index (χ4n) is 3.19. The Balaban J connectivity index is 1.81. The van der Waals surface area contributed by atoms with E-state index in [-0.39, 0.29) is 0 Å². The number of nitrogens with one attached hydrogen (secondary N) is 1. The first-order valence-electron chi connectivity index (χ1n) is 6.93. The number of hydrogen-bond acceptors (Lipinski definition) is 2. The molecule has 0 aliphatic heterocycles. The van der Waals surface area contributed by atoms with Gasteiger partial charge in [-0.3, -0.25) is 4.68 Å². The van der Waals surface area contributed by atoms with Gasteiger partial charge in [0.05, 0.1) is 5.69 Å². The van der Waals surface area contributed by atoms with Crippen LogP contribution in [0.4, 0.5) is 0 Å². The summed E-state index contributed by atoms with van der Waals surface area (Å²) in [5, 5.41) is 7.95. The Hall–Kier alpha value is -1.61. The molecule has 19 heavy (non-hydrogen) atoms. The van der Waals surface area contributed by atoms with Gasteiger partial charge < -0.3 is 5.32 Å². The zero-order chi connectivity index (χ0) is 13.4. The van der Waals surface area contributed by atoms with Gasteiger partial charge >= 0.3 is 0 Å². The van der Waals surface area contributed by atoms with Crippen LogP contribution in [0.5, 0.6) is 0 Å². The summed E-state index contributed by atoms with van der Waals surface area (Å²) < 4.78 is 1.91. The minimum atomic E-state index is 0.416. The molecular weight excluding hydrogens is 234 g/mol. The van der Waals surface area contributed by atoms with Crippen LogP contribution >= 0.6 is 0 Å². The molecule has 0 spiro atoms. The Kier molecular flexibility index (Phi) is 3.15. The summed E-state index contributed by atoms with van der Waals surface area (Å²) in [6, 6.07) is 11.3. The van der Waals surface area contributed by atoms with E-state index in [1.807, 2.05) is 11.7 Å². The van der Waals surface area contributed by atoms with Gasteiger partial charge in [-0.05, 0) is 37.8 Å². The SMILES string of the molecule is CNC(c1cn(C)nc1C)C1CC1c1ccccc1. The van der Waals surface area contributed by atoms with Crippen molar-refractivity contribution < 1.29 is 0 Å². The smallest absolute Gasteiger partial charge is 0.0641 e. The number of aryl methyl sites for hydroxylation is 2. The van der Waals surface area contributed by atoms with E-state index in [0.717, 1.165) is 5.69 Å². The molecule has 1 aromatic carbocycles. The van der Waals surface area contributed by atoms with Crippen LogP contribution in [0.2, 0.25) is 0 Å². The van der Waals surface area contributed by atoms with E-state index in [4.69, 9.17) is 0 Å². The lowest BCUT2D eigenvalue weighted by Crippen LogP contribution is -2.19. The molecule has 2 aromatic rings. The fourth-order valence-corrected chi connectivity index (χ4v) is 3.19. The van der Waals surface area contributed by atoms with Crippen molar-refractivity contribution >= 4 is 0 Å². The summed E-state index contributed by atoms with van der Waals surface area (Å²) in [5.74, 6) is 1.38. The van der Waals surface area contributed by atoms with Crippen molar-refractivity contribution in [1.82, 2.24) is 15.1 Å². The van der Waals surface area contributed by atoms with Crippen molar-refractivity contribution in [2.45, 2.75) is 25.3 Å². The van der Waals surface area contributed by atoms with Crippen molar-refractivity contribution in [3.8, 4) is 0 Å². The van der Waals surface area contributed by atoms with Crippen LogP contribution in [0.3, 0.4) is 0 Å². The first-order valence-corrected chi connectivity index (χ1v) is 6.93. The maximum atomic E-state index is 4.46. The van der Waals surface area contributed by atoms with Crippen LogP contribution in [-0.4, -0.2) is 16.8 Å². The minimum absolute atomic E-state index is 0.416. The molecule has 0 bridgehead atoms. The van der Waals surface area contributed by atoms with Crippen LogP contribution in [0.1, 0.15) is 35.2 Å². The molecule has 0 saturated heterocycles. The lowest BCUT2D eigenvalue weighted by atomic mass is 9.99. The first kappa shape index (κ1) is 12.4. The summed E-state index contributed by atoms with van der Waals surface area (Å²) >= 11 is 0. The molecule has 1 aliphatic rings. The van der Waals surface area contributed by atoms with Crippen molar-refractivity contribution in [2.24, 2.45) is 13.0 Å². The third kappa shape index (κ3) is 2.30. The number of rotatable bonds is 4. The fraction of sp³-hybridized carbons (Fsp3) is 0.438. The molecule has 1 fully saturated rings. The summed E-state index contributed by atoms with van der Waals surface area (Å²) in [4.78, 5) is 0. The third-order valence-electron chi connectivity index (χ3n) is 4.19. The van der Waals surface area contributed by atoms with E-state index in [2.05, 4.69) is 60.9 Å². The molecule has 1 aromatic heterocycles. The van der Waals surface area contributed by atoms with Crippen molar-refractivity contribution in [3.63, 3.8) is 0 Å². The average molecular weight is 255 g/mol. The summed E-state index contributed by atoms with van der Waals surface area (Å²) in [6.45, 7) is 2.10. The molecule has 3 atom stereocenters. The van der Waals surface area contributed by atoms with Crippen LogP contribution < -0.4 is 5.32 Å². The standard InChI is InChI=1S/C16H21N3/c1-11-15(10-19(3)18-11)16(17-2)14-9-13(14)12-7-5-4-6-8-12/h4-8,10,13-14,16-17H,9H2,1-3H3.